The van der Waals surface area contributed by atoms with Gasteiger partial charge in [0.15, 0.2) is 0 Å². The number of nitrogens with zero attached hydrogens (tertiary/aromatic N) is 3. The summed E-state index contributed by atoms with van der Waals surface area (Å²) in [5.74, 6) is 0.877. The van der Waals surface area contributed by atoms with Crippen LogP contribution < -0.4 is 10.1 Å². The van der Waals surface area contributed by atoms with Crippen LogP contribution in [0.3, 0.4) is 0 Å². The first-order chi connectivity index (χ1) is 13.1. The summed E-state index contributed by atoms with van der Waals surface area (Å²) in [5, 5.41) is 7.47. The van der Waals surface area contributed by atoms with E-state index >= 15 is 0 Å². The molecule has 7 nitrogen and oxygen atoms in total. The van der Waals surface area contributed by atoms with E-state index in [1.165, 1.54) is 6.33 Å². The molecule has 1 unspecified atom stereocenters. The van der Waals surface area contributed by atoms with Gasteiger partial charge in [0, 0.05) is 15.7 Å². The average Bonchev–Trinajstić information content (AvgIpc) is 3.11. The number of carbonyl (C=O) groups is 1. The van der Waals surface area contributed by atoms with Crippen molar-refractivity contribution in [3.63, 3.8) is 0 Å². The monoisotopic (exact) mass is 434 g/mol. The Kier molecular flexibility index (Phi) is 6.15. The van der Waals surface area contributed by atoms with Crippen molar-refractivity contribution in [1.29, 1.82) is 0 Å². The maximum atomic E-state index is 12.9. The lowest BCUT2D eigenvalue weighted by molar-refractivity contribution is -0.139. The van der Waals surface area contributed by atoms with Gasteiger partial charge >= 0.3 is 5.97 Å². The van der Waals surface area contributed by atoms with Crippen LogP contribution in [0.15, 0.2) is 40.3 Å². The molecule has 1 aromatic carbocycles. The molecule has 1 aliphatic heterocycles. The minimum atomic E-state index is -0.491. The summed E-state index contributed by atoms with van der Waals surface area (Å²) in [7, 11) is 1.61. The molecule has 1 atom stereocenters. The summed E-state index contributed by atoms with van der Waals surface area (Å²) in [6.07, 6.45) is 4.41. The summed E-state index contributed by atoms with van der Waals surface area (Å²) in [4.78, 5) is 17.2. The van der Waals surface area contributed by atoms with Gasteiger partial charge in [-0.15, -0.1) is 0 Å². The van der Waals surface area contributed by atoms with Crippen LogP contribution in [0.1, 0.15) is 44.7 Å². The van der Waals surface area contributed by atoms with Gasteiger partial charge in [0.1, 0.15) is 18.1 Å². The lowest BCUT2D eigenvalue weighted by Gasteiger charge is -2.29. The Morgan fingerprint density at radius 3 is 2.93 bits per heavy atom. The van der Waals surface area contributed by atoms with Crippen molar-refractivity contribution in [2.75, 3.05) is 19.0 Å². The van der Waals surface area contributed by atoms with E-state index in [4.69, 9.17) is 9.47 Å². The molecule has 0 fully saturated rings. The van der Waals surface area contributed by atoms with Crippen LogP contribution >= 0.6 is 15.9 Å². The van der Waals surface area contributed by atoms with E-state index in [0.717, 1.165) is 29.3 Å². The predicted molar refractivity (Wildman–Crippen MR) is 106 cm³/mol. The lowest BCUT2D eigenvalue weighted by atomic mass is 9.95. The first kappa shape index (κ1) is 19.4. The van der Waals surface area contributed by atoms with Crippen molar-refractivity contribution in [2.24, 2.45) is 0 Å². The number of unbranched alkanes of at least 4 members (excludes halogenated alkanes) is 2. The Labute approximate surface area is 166 Å². The highest BCUT2D eigenvalue weighted by Crippen LogP contribution is 2.40. The van der Waals surface area contributed by atoms with Crippen LogP contribution in [-0.4, -0.2) is 34.5 Å². The number of anilines is 1. The van der Waals surface area contributed by atoms with E-state index in [0.29, 0.717) is 29.6 Å². The number of ether oxygens (including phenoxy) is 2. The fourth-order valence-electron chi connectivity index (χ4n) is 3.16. The molecule has 1 aromatic heterocycles. The summed E-state index contributed by atoms with van der Waals surface area (Å²) in [5.41, 5.74) is 2.00. The minimum Gasteiger partial charge on any atom is -0.496 e. The fraction of sp³-hybridized carbons (Fsp3) is 0.421. The van der Waals surface area contributed by atoms with Crippen molar-refractivity contribution in [3.8, 4) is 5.75 Å². The van der Waals surface area contributed by atoms with Gasteiger partial charge in [0.2, 0.25) is 5.95 Å². The Bertz CT molecular complexity index is 862. The third kappa shape index (κ3) is 4.00. The summed E-state index contributed by atoms with van der Waals surface area (Å²) in [6.45, 7) is 4.36. The number of fused-ring (bicyclic) bond motifs is 1. The van der Waals surface area contributed by atoms with Crippen molar-refractivity contribution >= 4 is 27.8 Å². The number of hydrogen-bond acceptors (Lipinski definition) is 6. The van der Waals surface area contributed by atoms with E-state index in [9.17, 15) is 4.79 Å². The van der Waals surface area contributed by atoms with Crippen LogP contribution in [0.4, 0.5) is 5.95 Å². The molecule has 2 heterocycles. The van der Waals surface area contributed by atoms with Gasteiger partial charge < -0.3 is 14.8 Å². The highest BCUT2D eigenvalue weighted by molar-refractivity contribution is 9.10. The van der Waals surface area contributed by atoms with Gasteiger partial charge in [0.05, 0.1) is 19.3 Å². The van der Waals surface area contributed by atoms with Gasteiger partial charge in [-0.05, 0) is 31.5 Å². The van der Waals surface area contributed by atoms with Crippen molar-refractivity contribution in [3.05, 3.63) is 45.8 Å². The van der Waals surface area contributed by atoms with Gasteiger partial charge in [-0.3, -0.25) is 0 Å². The zero-order chi connectivity index (χ0) is 19.4. The molecule has 27 heavy (non-hydrogen) atoms. The van der Waals surface area contributed by atoms with E-state index in [-0.39, 0.29) is 5.97 Å². The molecule has 8 heteroatoms. The smallest absolute Gasteiger partial charge is 0.338 e. The SMILES string of the molecule is CCCCCOC(=O)C1=C(C)Nc2ncnn2C1c1cc(Br)ccc1OC. The van der Waals surface area contributed by atoms with Crippen molar-refractivity contribution < 1.29 is 14.3 Å². The number of benzene rings is 1. The van der Waals surface area contributed by atoms with Gasteiger partial charge in [-0.2, -0.15) is 10.1 Å². The van der Waals surface area contributed by atoms with E-state index in [2.05, 4.69) is 38.3 Å². The number of carbonyl (C=O) groups excluding carboxylic acids is 1. The number of rotatable bonds is 7. The third-order valence-electron chi connectivity index (χ3n) is 4.48. The summed E-state index contributed by atoms with van der Waals surface area (Å²) < 4.78 is 13.7. The number of nitrogens with one attached hydrogen (secondary N) is 1. The first-order valence-electron chi connectivity index (χ1n) is 8.94. The van der Waals surface area contributed by atoms with Crippen LogP contribution in [0.25, 0.3) is 0 Å². The Balaban J connectivity index is 2.02. The zero-order valence-electron chi connectivity index (χ0n) is 15.7. The highest BCUT2D eigenvalue weighted by atomic mass is 79.9. The van der Waals surface area contributed by atoms with Crippen LogP contribution in [0.5, 0.6) is 5.75 Å². The standard InChI is InChI=1S/C19H23BrN4O3/c1-4-5-6-9-27-18(25)16-12(2)23-19-21-11-22-24(19)17(16)14-10-13(20)7-8-15(14)26-3/h7-8,10-11,17H,4-6,9H2,1-3H3,(H,21,22,23). The number of allylic oxidation sites excluding steroid dienone is 1. The number of methoxy groups -OCH3 is 1. The molecular weight excluding hydrogens is 412 g/mol. The topological polar surface area (TPSA) is 78.3 Å². The maximum Gasteiger partial charge on any atom is 0.338 e. The molecule has 1 aliphatic rings. The molecule has 0 saturated heterocycles. The summed E-state index contributed by atoms with van der Waals surface area (Å²) >= 11 is 3.51. The molecule has 3 rings (SSSR count). The molecule has 2 aromatic rings. The van der Waals surface area contributed by atoms with E-state index < -0.39 is 6.04 Å². The number of esters is 1. The summed E-state index contributed by atoms with van der Waals surface area (Å²) in [6, 6.07) is 5.19. The van der Waals surface area contributed by atoms with Crippen molar-refractivity contribution in [2.45, 2.75) is 39.2 Å². The predicted octanol–water partition coefficient (Wildman–Crippen LogP) is 4.07. The quantitative estimate of drug-likeness (QED) is 0.522. The molecule has 0 radical (unpaired) electrons. The Morgan fingerprint density at radius 2 is 2.19 bits per heavy atom. The van der Waals surface area contributed by atoms with Crippen LogP contribution in [0.2, 0.25) is 0 Å². The lowest BCUT2D eigenvalue weighted by Crippen LogP contribution is -2.30. The second-order valence-electron chi connectivity index (χ2n) is 6.32. The number of halogens is 1. The Hall–Kier alpha value is -2.35. The zero-order valence-corrected chi connectivity index (χ0v) is 17.2. The molecule has 0 amide bonds. The molecule has 0 bridgehead atoms. The Morgan fingerprint density at radius 1 is 1.37 bits per heavy atom. The number of aromatic nitrogens is 3. The van der Waals surface area contributed by atoms with Gasteiger partial charge in [0.25, 0.3) is 0 Å². The first-order valence-corrected chi connectivity index (χ1v) is 9.74. The van der Waals surface area contributed by atoms with Crippen LogP contribution in [-0.2, 0) is 9.53 Å². The molecule has 0 saturated carbocycles. The second-order valence-corrected chi connectivity index (χ2v) is 7.24. The normalized spacial score (nSPS) is 15.9. The number of hydrogen-bond donors (Lipinski definition) is 1. The molecule has 144 valence electrons. The second kappa shape index (κ2) is 8.56. The molecule has 0 spiro atoms. The molecular formula is C19H23BrN4O3. The molecule has 0 aliphatic carbocycles. The highest BCUT2D eigenvalue weighted by Gasteiger charge is 2.36. The largest absolute Gasteiger partial charge is 0.496 e. The minimum absolute atomic E-state index is 0.357. The fourth-order valence-corrected chi connectivity index (χ4v) is 3.54. The van der Waals surface area contributed by atoms with Gasteiger partial charge in [-0.1, -0.05) is 35.7 Å². The third-order valence-corrected chi connectivity index (χ3v) is 4.97. The van der Waals surface area contributed by atoms with Gasteiger partial charge in [-0.25, -0.2) is 9.48 Å². The van der Waals surface area contributed by atoms with E-state index in [1.807, 2.05) is 25.1 Å². The molecule has 1 N–H and O–H groups in total. The van der Waals surface area contributed by atoms with Crippen molar-refractivity contribution in [1.82, 2.24) is 14.8 Å². The van der Waals surface area contributed by atoms with Crippen LogP contribution in [0, 0.1) is 0 Å². The van der Waals surface area contributed by atoms with E-state index in [1.54, 1.807) is 11.8 Å². The maximum absolute atomic E-state index is 12.9. The average molecular weight is 435 g/mol.